The minimum atomic E-state index is -4.36. The SMILES string of the molecule is Oc1ccc(Sc2ccccc2C(F)(F)F)cc1. The molecule has 2 aromatic rings. The van der Waals surface area contributed by atoms with Crippen molar-refractivity contribution in [1.29, 1.82) is 0 Å². The van der Waals surface area contributed by atoms with E-state index in [0.717, 1.165) is 17.8 Å². The first-order valence-electron chi connectivity index (χ1n) is 5.10. The van der Waals surface area contributed by atoms with Crippen LogP contribution in [0.4, 0.5) is 13.2 Å². The van der Waals surface area contributed by atoms with E-state index in [4.69, 9.17) is 5.11 Å². The molecule has 0 amide bonds. The van der Waals surface area contributed by atoms with E-state index in [1.54, 1.807) is 18.2 Å². The Labute approximate surface area is 106 Å². The fourth-order valence-corrected chi connectivity index (χ4v) is 2.40. The highest BCUT2D eigenvalue weighted by Gasteiger charge is 2.33. The molecule has 0 saturated carbocycles. The Bertz CT molecular complexity index is 535. The average molecular weight is 270 g/mol. The zero-order chi connectivity index (χ0) is 13.2. The Morgan fingerprint density at radius 1 is 0.889 bits per heavy atom. The first kappa shape index (κ1) is 12.8. The number of alkyl halides is 3. The lowest BCUT2D eigenvalue weighted by atomic mass is 10.2. The van der Waals surface area contributed by atoms with E-state index >= 15 is 0 Å². The van der Waals surface area contributed by atoms with Crippen LogP contribution in [0.15, 0.2) is 58.3 Å². The first-order valence-corrected chi connectivity index (χ1v) is 5.91. The molecule has 0 bridgehead atoms. The summed E-state index contributed by atoms with van der Waals surface area (Å²) in [6, 6.07) is 11.5. The Balaban J connectivity index is 2.32. The Hall–Kier alpha value is -1.62. The fourth-order valence-electron chi connectivity index (χ4n) is 1.43. The van der Waals surface area contributed by atoms with E-state index in [0.29, 0.717) is 4.90 Å². The monoisotopic (exact) mass is 270 g/mol. The van der Waals surface area contributed by atoms with Crippen LogP contribution in [0.2, 0.25) is 0 Å². The van der Waals surface area contributed by atoms with Crippen LogP contribution in [0, 0.1) is 0 Å². The summed E-state index contributed by atoms with van der Waals surface area (Å²) in [5, 5.41) is 9.12. The first-order chi connectivity index (χ1) is 8.47. The van der Waals surface area contributed by atoms with Crippen LogP contribution < -0.4 is 0 Å². The summed E-state index contributed by atoms with van der Waals surface area (Å²) >= 11 is 1.02. The number of phenols is 1. The molecule has 0 atom stereocenters. The molecule has 2 aromatic carbocycles. The quantitative estimate of drug-likeness (QED) is 0.863. The molecular weight excluding hydrogens is 261 g/mol. The fraction of sp³-hybridized carbons (Fsp3) is 0.0769. The average Bonchev–Trinajstić information content (AvgIpc) is 2.31. The van der Waals surface area contributed by atoms with Crippen LogP contribution in [0.1, 0.15) is 5.56 Å². The van der Waals surface area contributed by atoms with Gasteiger partial charge in [0.2, 0.25) is 0 Å². The third-order valence-corrected chi connectivity index (χ3v) is 3.34. The van der Waals surface area contributed by atoms with Gasteiger partial charge in [0, 0.05) is 9.79 Å². The number of hydrogen-bond acceptors (Lipinski definition) is 2. The van der Waals surface area contributed by atoms with Crippen molar-refractivity contribution in [2.45, 2.75) is 16.0 Å². The molecule has 18 heavy (non-hydrogen) atoms. The number of halogens is 3. The number of aromatic hydroxyl groups is 1. The van der Waals surface area contributed by atoms with Crippen molar-refractivity contribution in [3.63, 3.8) is 0 Å². The van der Waals surface area contributed by atoms with E-state index < -0.39 is 11.7 Å². The molecule has 2 rings (SSSR count). The van der Waals surface area contributed by atoms with Crippen LogP contribution in [0.5, 0.6) is 5.75 Å². The van der Waals surface area contributed by atoms with Crippen molar-refractivity contribution in [2.75, 3.05) is 0 Å². The summed E-state index contributed by atoms with van der Waals surface area (Å²) in [5.41, 5.74) is -0.650. The minimum absolute atomic E-state index is 0.0865. The van der Waals surface area contributed by atoms with Crippen LogP contribution in [0.25, 0.3) is 0 Å². The zero-order valence-electron chi connectivity index (χ0n) is 9.11. The number of benzene rings is 2. The molecule has 0 radical (unpaired) electrons. The van der Waals surface area contributed by atoms with E-state index in [9.17, 15) is 13.2 Å². The molecule has 0 aromatic heterocycles. The largest absolute Gasteiger partial charge is 0.508 e. The molecule has 1 nitrogen and oxygen atoms in total. The third-order valence-electron chi connectivity index (χ3n) is 2.26. The molecule has 1 N–H and O–H groups in total. The molecule has 0 aliphatic rings. The van der Waals surface area contributed by atoms with Crippen molar-refractivity contribution >= 4 is 11.8 Å². The molecule has 0 aliphatic carbocycles. The highest BCUT2D eigenvalue weighted by molar-refractivity contribution is 7.99. The van der Waals surface area contributed by atoms with Gasteiger partial charge in [-0.25, -0.2) is 0 Å². The summed E-state index contributed by atoms with van der Waals surface area (Å²) in [6.45, 7) is 0. The van der Waals surface area contributed by atoms with Gasteiger partial charge in [0.25, 0.3) is 0 Å². The third kappa shape index (κ3) is 2.98. The van der Waals surface area contributed by atoms with E-state index in [1.165, 1.54) is 24.3 Å². The van der Waals surface area contributed by atoms with Crippen molar-refractivity contribution in [1.82, 2.24) is 0 Å². The Kier molecular flexibility index (Phi) is 3.52. The van der Waals surface area contributed by atoms with E-state index in [1.807, 2.05) is 0 Å². The topological polar surface area (TPSA) is 20.2 Å². The maximum Gasteiger partial charge on any atom is 0.417 e. The summed E-state index contributed by atoms with van der Waals surface area (Å²) in [4.78, 5) is 0.792. The lowest BCUT2D eigenvalue weighted by Gasteiger charge is -2.11. The van der Waals surface area contributed by atoms with E-state index in [-0.39, 0.29) is 10.6 Å². The highest BCUT2D eigenvalue weighted by atomic mass is 32.2. The van der Waals surface area contributed by atoms with Gasteiger partial charge in [-0.15, -0.1) is 0 Å². The van der Waals surface area contributed by atoms with Crippen LogP contribution in [0.3, 0.4) is 0 Å². The molecular formula is C13H9F3OS. The normalized spacial score (nSPS) is 11.5. The van der Waals surface area contributed by atoms with Gasteiger partial charge < -0.3 is 5.11 Å². The van der Waals surface area contributed by atoms with Gasteiger partial charge in [-0.3, -0.25) is 0 Å². The van der Waals surface area contributed by atoms with Crippen LogP contribution >= 0.6 is 11.8 Å². The van der Waals surface area contributed by atoms with Crippen LogP contribution in [-0.2, 0) is 6.18 Å². The van der Waals surface area contributed by atoms with Gasteiger partial charge in [0.15, 0.2) is 0 Å². The van der Waals surface area contributed by atoms with Gasteiger partial charge in [-0.05, 0) is 36.4 Å². The second-order valence-electron chi connectivity index (χ2n) is 3.59. The highest BCUT2D eigenvalue weighted by Crippen LogP contribution is 2.39. The smallest absolute Gasteiger partial charge is 0.417 e. The summed E-state index contributed by atoms with van der Waals surface area (Å²) in [7, 11) is 0. The number of rotatable bonds is 2. The summed E-state index contributed by atoms with van der Waals surface area (Å²) in [5.74, 6) is 0.0865. The van der Waals surface area contributed by atoms with Crippen molar-refractivity contribution in [2.24, 2.45) is 0 Å². The second kappa shape index (κ2) is 4.94. The van der Waals surface area contributed by atoms with Gasteiger partial charge in [-0.2, -0.15) is 13.2 Å². The van der Waals surface area contributed by atoms with Crippen molar-refractivity contribution in [3.05, 3.63) is 54.1 Å². The molecule has 0 heterocycles. The Morgan fingerprint density at radius 3 is 2.11 bits per heavy atom. The molecule has 94 valence electrons. The molecule has 5 heteroatoms. The van der Waals surface area contributed by atoms with Crippen LogP contribution in [-0.4, -0.2) is 5.11 Å². The maximum absolute atomic E-state index is 12.8. The van der Waals surface area contributed by atoms with Gasteiger partial charge in [-0.1, -0.05) is 23.9 Å². The van der Waals surface area contributed by atoms with E-state index in [2.05, 4.69) is 0 Å². The standard InChI is InChI=1S/C13H9F3OS/c14-13(15,16)11-3-1-2-4-12(11)18-10-7-5-9(17)6-8-10/h1-8,17H. The lowest BCUT2D eigenvalue weighted by Crippen LogP contribution is -2.06. The molecule has 0 saturated heterocycles. The van der Waals surface area contributed by atoms with Gasteiger partial charge in [0.05, 0.1) is 5.56 Å². The number of hydrogen-bond donors (Lipinski definition) is 1. The van der Waals surface area contributed by atoms with Crippen molar-refractivity contribution < 1.29 is 18.3 Å². The summed E-state index contributed by atoms with van der Waals surface area (Å²) in [6.07, 6.45) is -4.36. The maximum atomic E-state index is 12.8. The lowest BCUT2D eigenvalue weighted by molar-refractivity contribution is -0.139. The van der Waals surface area contributed by atoms with Crippen molar-refractivity contribution in [3.8, 4) is 5.75 Å². The predicted octanol–water partition coefficient (Wildman–Crippen LogP) is 4.56. The predicted molar refractivity (Wildman–Crippen MR) is 63.7 cm³/mol. The van der Waals surface area contributed by atoms with Gasteiger partial charge in [0.1, 0.15) is 5.75 Å². The Morgan fingerprint density at radius 2 is 1.50 bits per heavy atom. The zero-order valence-corrected chi connectivity index (χ0v) is 9.92. The second-order valence-corrected chi connectivity index (χ2v) is 4.71. The molecule has 0 unspecified atom stereocenters. The number of phenolic OH excluding ortho intramolecular Hbond substituents is 1. The van der Waals surface area contributed by atoms with Gasteiger partial charge >= 0.3 is 6.18 Å². The molecule has 0 aliphatic heterocycles. The summed E-state index contributed by atoms with van der Waals surface area (Å²) < 4.78 is 38.3. The molecule has 0 spiro atoms. The minimum Gasteiger partial charge on any atom is -0.508 e. The molecule has 0 fully saturated rings.